The summed E-state index contributed by atoms with van der Waals surface area (Å²) in [5, 5.41) is 29.2. The molecule has 0 spiro atoms. The third-order valence-electron chi connectivity index (χ3n) is 4.64. The van der Waals surface area contributed by atoms with Gasteiger partial charge in [-0.3, -0.25) is 4.57 Å². The first-order valence-electron chi connectivity index (χ1n) is 11.1. The number of unbranched alkanes of at least 4 members (excludes halogenated alkanes) is 1. The molecule has 1 aliphatic heterocycles. The quantitative estimate of drug-likeness (QED) is 0.150. The molecule has 0 saturated carbocycles. The van der Waals surface area contributed by atoms with Crippen LogP contribution in [0.25, 0.3) is 0 Å². The van der Waals surface area contributed by atoms with Crippen LogP contribution in [0.2, 0.25) is 0 Å². The van der Waals surface area contributed by atoms with Gasteiger partial charge in [-0.15, -0.1) is 0 Å². The second kappa shape index (κ2) is 16.5. The van der Waals surface area contributed by atoms with Crippen LogP contribution >= 0.6 is 16.2 Å². The highest BCUT2D eigenvalue weighted by atomic mass is 31.2. The van der Waals surface area contributed by atoms with Crippen molar-refractivity contribution in [1.82, 2.24) is 0 Å². The molecule has 5 atom stereocenters. The zero-order valence-corrected chi connectivity index (χ0v) is 21.4. The van der Waals surface area contributed by atoms with E-state index in [0.29, 0.717) is 6.61 Å². The van der Waals surface area contributed by atoms with E-state index in [1.54, 1.807) is 13.8 Å². The zero-order valence-electron chi connectivity index (χ0n) is 19.6. The minimum absolute atomic E-state index is 0.0214. The highest BCUT2D eigenvalue weighted by Gasteiger charge is 2.54. The Morgan fingerprint density at radius 2 is 1.82 bits per heavy atom. The number of aliphatic hydroxyl groups is 2. The molecule has 1 saturated heterocycles. The molecule has 2 unspecified atom stereocenters. The number of nitriles is 1. The number of ether oxygens (including phenoxy) is 2. The summed E-state index contributed by atoms with van der Waals surface area (Å²) in [6.07, 6.45) is -0.350. The van der Waals surface area contributed by atoms with E-state index >= 15 is 0 Å². The van der Waals surface area contributed by atoms with Gasteiger partial charge in [0.15, 0.2) is 0 Å². The summed E-state index contributed by atoms with van der Waals surface area (Å²) in [4.78, 5) is 0. The van der Waals surface area contributed by atoms with Gasteiger partial charge in [0.05, 0.1) is 58.3 Å². The third kappa shape index (κ3) is 10.2. The summed E-state index contributed by atoms with van der Waals surface area (Å²) >= 11 is 0. The smallest absolute Gasteiger partial charge is 0.332 e. The maximum atomic E-state index is 12.6. The van der Waals surface area contributed by atoms with E-state index in [-0.39, 0.29) is 45.6 Å². The Bertz CT molecular complexity index is 618. The van der Waals surface area contributed by atoms with Crippen molar-refractivity contribution < 1.29 is 46.9 Å². The van der Waals surface area contributed by atoms with Gasteiger partial charge in [-0.05, 0) is 20.3 Å². The lowest BCUT2D eigenvalue weighted by Gasteiger charge is -2.33. The number of nitrogens with zero attached hydrogens (tertiary/aromatic N) is 1. The van der Waals surface area contributed by atoms with Gasteiger partial charge in [0.1, 0.15) is 25.7 Å². The molecule has 0 aromatic rings. The second-order valence-corrected chi connectivity index (χ2v) is 10.6. The molecule has 0 amide bonds. The van der Waals surface area contributed by atoms with Crippen molar-refractivity contribution in [2.75, 3.05) is 52.4 Å². The lowest BCUT2D eigenvalue weighted by Crippen LogP contribution is -2.51. The van der Waals surface area contributed by atoms with Crippen LogP contribution < -0.4 is 0 Å². The van der Waals surface area contributed by atoms with Crippen LogP contribution in [0.1, 0.15) is 40.0 Å². The first-order chi connectivity index (χ1) is 15.8. The lowest BCUT2D eigenvalue weighted by molar-refractivity contribution is -0.142. The Labute approximate surface area is 198 Å². The van der Waals surface area contributed by atoms with Gasteiger partial charge in [0, 0.05) is 12.6 Å². The minimum atomic E-state index is -3.32. The largest absolute Gasteiger partial charge is 0.393 e. The van der Waals surface area contributed by atoms with Gasteiger partial charge in [0.25, 0.3) is 0 Å². The van der Waals surface area contributed by atoms with Crippen molar-refractivity contribution in [3.8, 4) is 6.07 Å². The normalized spacial score (nSPS) is 26.4. The minimum Gasteiger partial charge on any atom is -0.393 e. The van der Waals surface area contributed by atoms with Crippen molar-refractivity contribution >= 4 is 24.0 Å². The van der Waals surface area contributed by atoms with E-state index in [1.807, 2.05) is 13.0 Å². The third-order valence-corrected chi connectivity index (χ3v) is 7.80. The Hall–Kier alpha value is -0.145. The maximum Gasteiger partial charge on any atom is 0.332 e. The monoisotopic (exact) mass is 511 g/mol. The first kappa shape index (κ1) is 30.9. The summed E-state index contributed by atoms with van der Waals surface area (Å²) in [6, 6.07) is 0.888. The molecule has 1 aliphatic rings. The number of aliphatic hydroxyl groups excluding tert-OH is 2. The summed E-state index contributed by atoms with van der Waals surface area (Å²) in [6.45, 7) is 5.42. The highest BCUT2D eigenvalue weighted by Crippen LogP contribution is 2.49. The highest BCUT2D eigenvalue weighted by molar-refractivity contribution is 7.53. The Morgan fingerprint density at radius 1 is 1.15 bits per heavy atom. The van der Waals surface area contributed by atoms with E-state index in [2.05, 4.69) is 0 Å². The van der Waals surface area contributed by atoms with Crippen molar-refractivity contribution in [3.63, 3.8) is 0 Å². The van der Waals surface area contributed by atoms with Crippen LogP contribution in [-0.4, -0.2) is 94.3 Å². The van der Waals surface area contributed by atoms with E-state index in [1.165, 1.54) is 0 Å². The van der Waals surface area contributed by atoms with Crippen LogP contribution in [0, 0.1) is 11.3 Å². The molecule has 0 aliphatic carbocycles. The van der Waals surface area contributed by atoms with E-state index in [9.17, 15) is 14.8 Å². The predicted molar refractivity (Wildman–Crippen MR) is 122 cm³/mol. The maximum absolute atomic E-state index is 12.6. The molecular weight excluding hydrogens is 475 g/mol. The summed E-state index contributed by atoms with van der Waals surface area (Å²) in [5.41, 5.74) is -1.43. The molecule has 33 heavy (non-hydrogen) atoms. The fourth-order valence-corrected chi connectivity index (χ4v) is 5.62. The molecule has 0 aromatic heterocycles. The first-order valence-corrected chi connectivity index (χ1v) is 13.9. The second-order valence-electron chi connectivity index (χ2n) is 7.18. The molecule has 11 nitrogen and oxygen atoms in total. The predicted octanol–water partition coefficient (Wildman–Crippen LogP) is 2.24. The molecule has 190 valence electrons. The Morgan fingerprint density at radius 3 is 2.39 bits per heavy atom. The lowest BCUT2D eigenvalue weighted by atomic mass is 9.89. The molecule has 0 bridgehead atoms. The van der Waals surface area contributed by atoms with E-state index < -0.39 is 46.6 Å². The van der Waals surface area contributed by atoms with Crippen molar-refractivity contribution in [2.24, 2.45) is 0 Å². The molecule has 14 heteroatoms. The van der Waals surface area contributed by atoms with Crippen molar-refractivity contribution in [3.05, 3.63) is 0 Å². The van der Waals surface area contributed by atoms with Crippen LogP contribution in [0.5, 0.6) is 0 Å². The number of hydrogen-bond acceptors (Lipinski definition) is 11. The van der Waals surface area contributed by atoms with Gasteiger partial charge in [-0.2, -0.15) is 5.26 Å². The van der Waals surface area contributed by atoms with Crippen molar-refractivity contribution in [2.45, 2.75) is 63.8 Å². The standard InChI is InChI=1S/C19H36BNO10P2/c1-4-7-10-25-17-16(23)18(20)31-19(17,14-22)15-28-32(26-11-8-9-21)27-12-13-33(24,29-5-2)30-6-3/h16-18,22-23H,4-8,10-15H2,1-3H3/t16-,17?,18+,19-,32?/m0/s1. The van der Waals surface area contributed by atoms with Gasteiger partial charge in [-0.1, -0.05) is 13.3 Å². The topological polar surface area (TPSA) is 146 Å². The zero-order chi connectivity index (χ0) is 24.7. The summed E-state index contributed by atoms with van der Waals surface area (Å²) in [7, 11) is 0.509. The van der Waals surface area contributed by atoms with Gasteiger partial charge in [-0.25, -0.2) is 0 Å². The molecule has 2 radical (unpaired) electrons. The Balaban J connectivity index is 2.80. The molecular formula is C19H36BNO10P2. The van der Waals surface area contributed by atoms with Crippen LogP contribution in [0.15, 0.2) is 0 Å². The average molecular weight is 511 g/mol. The van der Waals surface area contributed by atoms with Gasteiger partial charge < -0.3 is 42.3 Å². The van der Waals surface area contributed by atoms with Crippen LogP contribution in [0.4, 0.5) is 0 Å². The van der Waals surface area contributed by atoms with E-state index in [0.717, 1.165) is 12.8 Å². The summed E-state index contributed by atoms with van der Waals surface area (Å²) in [5.74, 6) is 0. The average Bonchev–Trinajstić information content (AvgIpc) is 3.02. The number of hydrogen-bond donors (Lipinski definition) is 2. The van der Waals surface area contributed by atoms with E-state index in [4.69, 9.17) is 45.2 Å². The van der Waals surface area contributed by atoms with Crippen molar-refractivity contribution in [1.29, 1.82) is 5.26 Å². The summed E-state index contributed by atoms with van der Waals surface area (Å²) < 4.78 is 51.4. The Kier molecular flexibility index (Phi) is 15.5. The fourth-order valence-electron chi connectivity index (χ4n) is 3.01. The molecule has 2 N–H and O–H groups in total. The SMILES string of the molecule is [B][C@@H]1O[C@@](CO)(COP(OCCC#N)OCCP(=O)(OCC)OCC)C(OCCCC)[C@@H]1O. The van der Waals surface area contributed by atoms with Gasteiger partial charge >= 0.3 is 16.2 Å². The molecule has 1 rings (SSSR count). The molecule has 1 fully saturated rings. The van der Waals surface area contributed by atoms with Gasteiger partial charge in [0.2, 0.25) is 0 Å². The van der Waals surface area contributed by atoms with Crippen LogP contribution in [-0.2, 0) is 36.7 Å². The van der Waals surface area contributed by atoms with Crippen LogP contribution in [0.3, 0.4) is 0 Å². The molecule has 1 heterocycles. The molecule has 0 aromatic carbocycles. The fraction of sp³-hybridized carbons (Fsp3) is 0.947. The number of rotatable bonds is 19.